The molecular weight excluding hydrogens is 402 g/mol. The summed E-state index contributed by atoms with van der Waals surface area (Å²) in [5.41, 5.74) is 5.21. The lowest BCUT2D eigenvalue weighted by atomic mass is 9.87. The van der Waals surface area contributed by atoms with Crippen LogP contribution in [0.3, 0.4) is 0 Å². The third-order valence-corrected chi connectivity index (χ3v) is 6.28. The molecule has 1 aliphatic rings. The number of hydrogen-bond acceptors (Lipinski definition) is 4. The van der Waals surface area contributed by atoms with Crippen LogP contribution in [0, 0.1) is 0 Å². The van der Waals surface area contributed by atoms with Crippen LogP contribution in [0.25, 0.3) is 10.9 Å². The molecule has 162 valence electrons. The second-order valence-electron chi connectivity index (χ2n) is 7.97. The van der Waals surface area contributed by atoms with Crippen molar-refractivity contribution in [2.45, 2.75) is 18.9 Å². The quantitative estimate of drug-likeness (QED) is 0.507. The number of aromatic amines is 1. The summed E-state index contributed by atoms with van der Waals surface area (Å²) in [5, 5.41) is 1.18. The minimum Gasteiger partial charge on any atom is -0.493 e. The normalized spacial score (nSPS) is 15.4. The van der Waals surface area contributed by atoms with Gasteiger partial charge in [0.2, 0.25) is 0 Å². The molecule has 0 saturated heterocycles. The Hall–Kier alpha value is -3.80. The number of pyridine rings is 1. The summed E-state index contributed by atoms with van der Waals surface area (Å²) in [7, 11) is 3.29. The summed E-state index contributed by atoms with van der Waals surface area (Å²) in [6.45, 7) is 0.636. The number of methoxy groups -OCH3 is 2. The van der Waals surface area contributed by atoms with E-state index in [2.05, 4.69) is 28.3 Å². The fourth-order valence-electron chi connectivity index (χ4n) is 4.66. The summed E-state index contributed by atoms with van der Waals surface area (Å²) in [6, 6.07) is 15.8. The second kappa shape index (κ2) is 8.38. The lowest BCUT2D eigenvalue weighted by molar-refractivity contribution is 0.0659. The molecule has 0 fully saturated rings. The lowest BCUT2D eigenvalue weighted by Crippen LogP contribution is -2.41. The molecule has 1 unspecified atom stereocenters. The molecule has 2 aromatic carbocycles. The largest absolute Gasteiger partial charge is 0.493 e. The summed E-state index contributed by atoms with van der Waals surface area (Å²) < 4.78 is 11.1. The SMILES string of the molecule is COc1cc2c(cc1OC)C(Cc1c[nH]c3ccccc13)N(C(=O)c1ccncc1)CC2. The molecule has 0 radical (unpaired) electrons. The summed E-state index contributed by atoms with van der Waals surface area (Å²) in [4.78, 5) is 22.9. The van der Waals surface area contributed by atoms with Crippen molar-refractivity contribution in [2.75, 3.05) is 20.8 Å². The summed E-state index contributed by atoms with van der Waals surface area (Å²) in [5.74, 6) is 1.40. The van der Waals surface area contributed by atoms with Crippen molar-refractivity contribution in [3.05, 3.63) is 89.4 Å². The maximum absolute atomic E-state index is 13.5. The Balaban J connectivity index is 1.61. The van der Waals surface area contributed by atoms with Gasteiger partial charge in [0.1, 0.15) is 0 Å². The first kappa shape index (κ1) is 20.1. The Labute approximate surface area is 186 Å². The number of nitrogens with one attached hydrogen (secondary N) is 1. The van der Waals surface area contributed by atoms with Gasteiger partial charge in [-0.3, -0.25) is 9.78 Å². The van der Waals surface area contributed by atoms with E-state index in [1.807, 2.05) is 29.2 Å². The van der Waals surface area contributed by atoms with Crippen molar-refractivity contribution in [2.24, 2.45) is 0 Å². The van der Waals surface area contributed by atoms with Gasteiger partial charge in [0.05, 0.1) is 20.3 Å². The predicted octanol–water partition coefficient (Wildman–Crippen LogP) is 4.56. The Morgan fingerprint density at radius 1 is 1.09 bits per heavy atom. The molecule has 1 aliphatic heterocycles. The topological polar surface area (TPSA) is 67.5 Å². The van der Waals surface area contributed by atoms with E-state index in [1.54, 1.807) is 38.7 Å². The molecule has 32 heavy (non-hydrogen) atoms. The molecule has 1 N–H and O–H groups in total. The number of rotatable bonds is 5. The van der Waals surface area contributed by atoms with Gasteiger partial charge >= 0.3 is 0 Å². The third-order valence-electron chi connectivity index (χ3n) is 6.28. The second-order valence-corrected chi connectivity index (χ2v) is 7.97. The highest BCUT2D eigenvalue weighted by Gasteiger charge is 2.33. The van der Waals surface area contributed by atoms with Crippen LogP contribution in [0.15, 0.2) is 67.1 Å². The number of carbonyl (C=O) groups excluding carboxylic acids is 1. The maximum atomic E-state index is 13.5. The van der Waals surface area contributed by atoms with E-state index in [1.165, 1.54) is 16.5 Å². The van der Waals surface area contributed by atoms with Crippen molar-refractivity contribution in [1.29, 1.82) is 0 Å². The van der Waals surface area contributed by atoms with E-state index in [4.69, 9.17) is 9.47 Å². The Morgan fingerprint density at radius 3 is 2.62 bits per heavy atom. The van der Waals surface area contributed by atoms with E-state index in [9.17, 15) is 4.79 Å². The van der Waals surface area contributed by atoms with Gasteiger partial charge in [-0.1, -0.05) is 18.2 Å². The van der Waals surface area contributed by atoms with E-state index < -0.39 is 0 Å². The molecule has 1 amide bonds. The number of carbonyl (C=O) groups is 1. The number of benzene rings is 2. The average Bonchev–Trinajstić information content (AvgIpc) is 3.26. The molecule has 3 heterocycles. The minimum atomic E-state index is -0.126. The fraction of sp³-hybridized carbons (Fsp3) is 0.231. The first-order valence-electron chi connectivity index (χ1n) is 10.7. The van der Waals surface area contributed by atoms with Gasteiger partial charge in [-0.2, -0.15) is 0 Å². The van der Waals surface area contributed by atoms with Gasteiger partial charge in [-0.05, 0) is 59.9 Å². The van der Waals surface area contributed by atoms with Gasteiger partial charge in [0, 0.05) is 41.6 Å². The minimum absolute atomic E-state index is 0.0117. The third kappa shape index (κ3) is 3.47. The van der Waals surface area contributed by atoms with E-state index in [0.29, 0.717) is 30.0 Å². The molecule has 6 nitrogen and oxygen atoms in total. The van der Waals surface area contributed by atoms with Crippen molar-refractivity contribution in [3.8, 4) is 11.5 Å². The number of H-pyrrole nitrogens is 1. The Kier molecular flexibility index (Phi) is 5.27. The van der Waals surface area contributed by atoms with Crippen LogP contribution in [0.1, 0.15) is 33.1 Å². The first-order chi connectivity index (χ1) is 15.7. The molecule has 4 aromatic rings. The molecule has 6 heteroatoms. The average molecular weight is 428 g/mol. The van der Waals surface area contributed by atoms with Gasteiger partial charge in [-0.15, -0.1) is 0 Å². The maximum Gasteiger partial charge on any atom is 0.254 e. The Bertz CT molecular complexity index is 1270. The van der Waals surface area contributed by atoms with Crippen molar-refractivity contribution in [3.63, 3.8) is 0 Å². The molecule has 0 spiro atoms. The van der Waals surface area contributed by atoms with Crippen molar-refractivity contribution >= 4 is 16.8 Å². The van der Waals surface area contributed by atoms with Crippen LogP contribution in [0.4, 0.5) is 0 Å². The number of hydrogen-bond donors (Lipinski definition) is 1. The molecule has 0 bridgehead atoms. The Morgan fingerprint density at radius 2 is 1.84 bits per heavy atom. The zero-order valence-electron chi connectivity index (χ0n) is 18.2. The number of para-hydroxylation sites is 1. The monoisotopic (exact) mass is 427 g/mol. The van der Waals surface area contributed by atoms with Gasteiger partial charge in [0.15, 0.2) is 11.5 Å². The predicted molar refractivity (Wildman–Crippen MR) is 123 cm³/mol. The van der Waals surface area contributed by atoms with Crippen LogP contribution in [0.2, 0.25) is 0 Å². The number of fused-ring (bicyclic) bond motifs is 2. The first-order valence-corrected chi connectivity index (χ1v) is 10.7. The molecule has 0 aliphatic carbocycles. The zero-order chi connectivity index (χ0) is 22.1. The van der Waals surface area contributed by atoms with Crippen LogP contribution in [0.5, 0.6) is 11.5 Å². The summed E-state index contributed by atoms with van der Waals surface area (Å²) in [6.07, 6.45) is 6.83. The number of aromatic nitrogens is 2. The smallest absolute Gasteiger partial charge is 0.254 e. The number of ether oxygens (including phenoxy) is 2. The van der Waals surface area contributed by atoms with Gasteiger partial charge in [-0.25, -0.2) is 0 Å². The highest BCUT2D eigenvalue weighted by Crippen LogP contribution is 2.40. The van der Waals surface area contributed by atoms with Crippen molar-refractivity contribution < 1.29 is 14.3 Å². The van der Waals surface area contributed by atoms with Crippen LogP contribution in [-0.2, 0) is 12.8 Å². The van der Waals surface area contributed by atoms with Gasteiger partial charge < -0.3 is 19.4 Å². The van der Waals surface area contributed by atoms with E-state index >= 15 is 0 Å². The standard InChI is InChI=1S/C26H25N3O3/c1-31-24-14-18-9-12-29(26(30)17-7-10-27-11-8-17)23(21(18)15-25(24)32-2)13-19-16-28-22-6-4-3-5-20(19)22/h3-8,10-11,14-16,23,28H,9,12-13H2,1-2H3. The van der Waals surface area contributed by atoms with Gasteiger partial charge in [0.25, 0.3) is 5.91 Å². The number of nitrogens with zero attached hydrogens (tertiary/aromatic N) is 2. The fourth-order valence-corrected chi connectivity index (χ4v) is 4.66. The molecular formula is C26H25N3O3. The van der Waals surface area contributed by atoms with E-state index in [-0.39, 0.29) is 11.9 Å². The molecule has 5 rings (SSSR count). The van der Waals surface area contributed by atoms with E-state index in [0.717, 1.165) is 17.5 Å². The summed E-state index contributed by atoms with van der Waals surface area (Å²) >= 11 is 0. The van der Waals surface area contributed by atoms with Crippen LogP contribution in [-0.4, -0.2) is 41.5 Å². The van der Waals surface area contributed by atoms with Crippen molar-refractivity contribution in [1.82, 2.24) is 14.9 Å². The zero-order valence-corrected chi connectivity index (χ0v) is 18.2. The molecule has 2 aromatic heterocycles. The highest BCUT2D eigenvalue weighted by molar-refractivity contribution is 5.94. The highest BCUT2D eigenvalue weighted by atomic mass is 16.5. The number of amides is 1. The van der Waals surface area contributed by atoms with Crippen LogP contribution >= 0.6 is 0 Å². The van der Waals surface area contributed by atoms with Crippen LogP contribution < -0.4 is 9.47 Å². The lowest BCUT2D eigenvalue weighted by Gasteiger charge is -2.38. The molecule has 1 atom stereocenters. The molecule has 0 saturated carbocycles.